The van der Waals surface area contributed by atoms with Crippen molar-refractivity contribution in [3.63, 3.8) is 0 Å². The van der Waals surface area contributed by atoms with Crippen molar-refractivity contribution in [1.29, 1.82) is 0 Å². The molecule has 0 aliphatic carbocycles. The van der Waals surface area contributed by atoms with Crippen LogP contribution >= 0.6 is 0 Å². The molecule has 0 spiro atoms. The molecule has 3 N–H and O–H groups in total. The molecule has 0 aliphatic rings. The summed E-state index contributed by atoms with van der Waals surface area (Å²) in [5.74, 6) is -0.586. The van der Waals surface area contributed by atoms with Gasteiger partial charge in [0.2, 0.25) is 0 Å². The van der Waals surface area contributed by atoms with Crippen LogP contribution in [0.4, 0.5) is 0 Å². The number of amides is 1. The minimum Gasteiger partial charge on any atom is -0.364 e. The van der Waals surface area contributed by atoms with Gasteiger partial charge in [0.05, 0.1) is 0 Å². The summed E-state index contributed by atoms with van der Waals surface area (Å²) in [6.07, 6.45) is 0. The summed E-state index contributed by atoms with van der Waals surface area (Å²) in [6, 6.07) is 7.80. The van der Waals surface area contributed by atoms with Crippen LogP contribution in [0.1, 0.15) is 16.1 Å². The molecule has 6 heteroatoms. The second kappa shape index (κ2) is 4.97. The molecule has 0 unspecified atom stereocenters. The van der Waals surface area contributed by atoms with Crippen LogP contribution in [0.2, 0.25) is 0 Å². The quantitative estimate of drug-likeness (QED) is 0.827. The highest BCUT2D eigenvalue weighted by molar-refractivity contribution is 5.96. The van der Waals surface area contributed by atoms with Crippen LogP contribution in [0.25, 0.3) is 11.3 Å². The van der Waals surface area contributed by atoms with Gasteiger partial charge in [-0.1, -0.05) is 18.2 Å². The number of primary amides is 1. The van der Waals surface area contributed by atoms with Crippen molar-refractivity contribution in [2.45, 2.75) is 6.54 Å². The zero-order valence-electron chi connectivity index (χ0n) is 10.3. The van der Waals surface area contributed by atoms with Crippen molar-refractivity contribution in [3.8, 4) is 11.3 Å². The predicted molar refractivity (Wildman–Crippen MR) is 67.7 cm³/mol. The van der Waals surface area contributed by atoms with Gasteiger partial charge < -0.3 is 10.6 Å². The van der Waals surface area contributed by atoms with E-state index in [-0.39, 0.29) is 5.69 Å². The molecule has 0 aliphatic heterocycles. The third kappa shape index (κ3) is 2.54. The molecule has 94 valence electrons. The lowest BCUT2D eigenvalue weighted by Crippen LogP contribution is -2.13. The van der Waals surface area contributed by atoms with Crippen LogP contribution in [-0.4, -0.2) is 40.3 Å². The molecule has 1 amide bonds. The lowest BCUT2D eigenvalue weighted by Gasteiger charge is -2.10. The second-order valence-corrected chi connectivity index (χ2v) is 4.32. The Kier molecular flexibility index (Phi) is 3.38. The molecular formula is C12H15N5O. The highest BCUT2D eigenvalue weighted by Crippen LogP contribution is 2.20. The van der Waals surface area contributed by atoms with Crippen LogP contribution in [0.3, 0.4) is 0 Å². The van der Waals surface area contributed by atoms with E-state index < -0.39 is 5.91 Å². The maximum absolute atomic E-state index is 11.2. The van der Waals surface area contributed by atoms with Crippen molar-refractivity contribution in [1.82, 2.24) is 20.3 Å². The number of carbonyl (C=O) groups excluding carboxylic acids is 1. The topological polar surface area (TPSA) is 87.9 Å². The van der Waals surface area contributed by atoms with Gasteiger partial charge in [-0.2, -0.15) is 15.4 Å². The van der Waals surface area contributed by atoms with Crippen molar-refractivity contribution >= 4 is 5.91 Å². The van der Waals surface area contributed by atoms with Crippen LogP contribution in [-0.2, 0) is 6.54 Å². The Morgan fingerprint density at radius 2 is 2.17 bits per heavy atom. The van der Waals surface area contributed by atoms with Crippen LogP contribution in [0.5, 0.6) is 0 Å². The largest absolute Gasteiger partial charge is 0.364 e. The summed E-state index contributed by atoms with van der Waals surface area (Å²) < 4.78 is 0. The fourth-order valence-electron chi connectivity index (χ4n) is 1.79. The normalized spacial score (nSPS) is 10.8. The zero-order valence-corrected chi connectivity index (χ0v) is 10.3. The molecule has 0 bridgehead atoms. The Hall–Kier alpha value is -2.21. The standard InChI is InChI=1S/C12H15N5O/c1-17(2)7-8-4-3-5-9(6-8)10-11(12(13)18)15-16-14-10/h3-6H,7H2,1-2H3,(H2,13,18)(H,14,15,16). The van der Waals surface area contributed by atoms with E-state index in [0.717, 1.165) is 17.7 Å². The zero-order chi connectivity index (χ0) is 13.1. The monoisotopic (exact) mass is 245 g/mol. The van der Waals surface area contributed by atoms with Crippen LogP contribution in [0.15, 0.2) is 24.3 Å². The van der Waals surface area contributed by atoms with Crippen molar-refractivity contribution in [2.24, 2.45) is 5.73 Å². The molecule has 6 nitrogen and oxygen atoms in total. The van der Waals surface area contributed by atoms with Crippen molar-refractivity contribution in [3.05, 3.63) is 35.5 Å². The average molecular weight is 245 g/mol. The fourth-order valence-corrected chi connectivity index (χ4v) is 1.79. The number of aromatic nitrogens is 3. The number of hydrogen-bond donors (Lipinski definition) is 2. The van der Waals surface area contributed by atoms with E-state index in [2.05, 4.69) is 20.3 Å². The smallest absolute Gasteiger partial charge is 0.271 e. The maximum Gasteiger partial charge on any atom is 0.271 e. The number of rotatable bonds is 4. The first-order valence-electron chi connectivity index (χ1n) is 5.52. The molecular weight excluding hydrogens is 230 g/mol. The van der Waals surface area contributed by atoms with Gasteiger partial charge in [-0.15, -0.1) is 0 Å². The Morgan fingerprint density at radius 1 is 1.39 bits per heavy atom. The van der Waals surface area contributed by atoms with Gasteiger partial charge in [0, 0.05) is 12.1 Å². The Balaban J connectivity index is 2.38. The van der Waals surface area contributed by atoms with Crippen molar-refractivity contribution < 1.29 is 4.79 Å². The number of benzene rings is 1. The fraction of sp³-hybridized carbons (Fsp3) is 0.250. The second-order valence-electron chi connectivity index (χ2n) is 4.32. The van der Waals surface area contributed by atoms with E-state index in [4.69, 9.17) is 5.73 Å². The third-order valence-corrected chi connectivity index (χ3v) is 2.48. The summed E-state index contributed by atoms with van der Waals surface area (Å²) in [7, 11) is 4.00. The molecule has 0 radical (unpaired) electrons. The first kappa shape index (κ1) is 12.3. The number of nitrogens with one attached hydrogen (secondary N) is 1. The molecule has 2 rings (SSSR count). The number of aromatic amines is 1. The highest BCUT2D eigenvalue weighted by atomic mass is 16.1. The van der Waals surface area contributed by atoms with E-state index in [1.165, 1.54) is 0 Å². The Morgan fingerprint density at radius 3 is 2.83 bits per heavy atom. The average Bonchev–Trinajstić information content (AvgIpc) is 2.77. The number of nitrogens with zero attached hydrogens (tertiary/aromatic N) is 3. The van der Waals surface area contributed by atoms with Gasteiger partial charge in [0.25, 0.3) is 5.91 Å². The first-order chi connectivity index (χ1) is 8.58. The van der Waals surface area contributed by atoms with E-state index >= 15 is 0 Å². The van der Waals surface area contributed by atoms with E-state index in [1.54, 1.807) is 0 Å². The van der Waals surface area contributed by atoms with E-state index in [0.29, 0.717) is 5.69 Å². The van der Waals surface area contributed by atoms with Crippen LogP contribution in [0, 0.1) is 0 Å². The molecule has 1 aromatic carbocycles. The number of carbonyl (C=O) groups is 1. The summed E-state index contributed by atoms with van der Waals surface area (Å²) in [6.45, 7) is 0.817. The maximum atomic E-state index is 11.2. The molecule has 0 saturated heterocycles. The minimum atomic E-state index is -0.586. The van der Waals surface area contributed by atoms with Crippen LogP contribution < -0.4 is 5.73 Å². The first-order valence-corrected chi connectivity index (χ1v) is 5.52. The van der Waals surface area contributed by atoms with Gasteiger partial charge >= 0.3 is 0 Å². The van der Waals surface area contributed by atoms with Gasteiger partial charge in [0.1, 0.15) is 5.69 Å². The van der Waals surface area contributed by atoms with Crippen molar-refractivity contribution in [2.75, 3.05) is 14.1 Å². The lowest BCUT2D eigenvalue weighted by molar-refractivity contribution is 0.0996. The number of H-pyrrole nitrogens is 1. The minimum absolute atomic E-state index is 0.164. The summed E-state index contributed by atoms with van der Waals surface area (Å²) in [5, 5.41) is 10.2. The van der Waals surface area contributed by atoms with E-state index in [9.17, 15) is 4.79 Å². The predicted octanol–water partition coefficient (Wildman–Crippen LogP) is 0.632. The number of nitrogens with two attached hydrogens (primary N) is 1. The van der Waals surface area contributed by atoms with Gasteiger partial charge in [-0.05, 0) is 25.7 Å². The summed E-state index contributed by atoms with van der Waals surface area (Å²) >= 11 is 0. The molecule has 18 heavy (non-hydrogen) atoms. The van der Waals surface area contributed by atoms with Gasteiger partial charge in [0.15, 0.2) is 5.69 Å². The molecule has 1 heterocycles. The van der Waals surface area contributed by atoms with Gasteiger partial charge in [-0.25, -0.2) is 0 Å². The molecule has 2 aromatic rings. The molecule has 1 aromatic heterocycles. The highest BCUT2D eigenvalue weighted by Gasteiger charge is 2.15. The Labute approximate surface area is 105 Å². The van der Waals surface area contributed by atoms with E-state index in [1.807, 2.05) is 38.4 Å². The molecule has 0 fully saturated rings. The van der Waals surface area contributed by atoms with Gasteiger partial charge in [-0.3, -0.25) is 4.79 Å². The molecule has 0 atom stereocenters. The Bertz CT molecular complexity index is 561. The third-order valence-electron chi connectivity index (χ3n) is 2.48. The lowest BCUT2D eigenvalue weighted by atomic mass is 10.1. The summed E-state index contributed by atoms with van der Waals surface area (Å²) in [4.78, 5) is 13.3. The number of hydrogen-bond acceptors (Lipinski definition) is 4. The molecule has 0 saturated carbocycles. The summed E-state index contributed by atoms with van der Waals surface area (Å²) in [5.41, 5.74) is 7.86. The SMILES string of the molecule is CN(C)Cc1cccc(-c2n[nH]nc2C(N)=O)c1.